The molecule has 0 unspecified atom stereocenters. The van der Waals surface area contributed by atoms with E-state index in [1.165, 1.54) is 22.8 Å². The van der Waals surface area contributed by atoms with Crippen molar-refractivity contribution in [3.8, 4) is 0 Å². The Morgan fingerprint density at radius 3 is 2.71 bits per heavy atom. The van der Waals surface area contributed by atoms with E-state index < -0.39 is 34.3 Å². The van der Waals surface area contributed by atoms with E-state index in [2.05, 4.69) is 17.5 Å². The Bertz CT molecular complexity index is 1260. The number of fused-ring (bicyclic) bond motifs is 3. The summed E-state index contributed by atoms with van der Waals surface area (Å²) in [6, 6.07) is 10.1. The number of hydrogen-bond acceptors (Lipinski definition) is 4. The highest BCUT2D eigenvalue weighted by Gasteiger charge is 2.44. The van der Waals surface area contributed by atoms with E-state index in [9.17, 15) is 22.4 Å². The van der Waals surface area contributed by atoms with Crippen molar-refractivity contribution in [1.82, 2.24) is 9.21 Å². The molecule has 0 radical (unpaired) electrons. The topological polar surface area (TPSA) is 86.8 Å². The van der Waals surface area contributed by atoms with Gasteiger partial charge in [-0.3, -0.25) is 4.79 Å². The van der Waals surface area contributed by atoms with Crippen LogP contribution < -0.4 is 5.32 Å². The van der Waals surface area contributed by atoms with E-state index in [4.69, 9.17) is 0 Å². The summed E-state index contributed by atoms with van der Waals surface area (Å²) >= 11 is 0. The van der Waals surface area contributed by atoms with Crippen LogP contribution in [0.25, 0.3) is 5.57 Å². The lowest BCUT2D eigenvalue weighted by atomic mass is 9.92. The van der Waals surface area contributed by atoms with E-state index in [1.54, 1.807) is 4.90 Å². The maximum atomic E-state index is 13.6. The maximum absolute atomic E-state index is 13.6. The van der Waals surface area contributed by atoms with Gasteiger partial charge in [-0.05, 0) is 48.2 Å². The Labute approximate surface area is 179 Å². The Morgan fingerprint density at radius 2 is 2.00 bits per heavy atom. The lowest BCUT2D eigenvalue weighted by molar-refractivity contribution is -0.131. The number of nitrogens with zero attached hydrogens (tertiary/aromatic N) is 2. The fraction of sp³-hybridized carbons (Fsp3) is 0.273. The zero-order chi connectivity index (χ0) is 21.9. The fourth-order valence-electron chi connectivity index (χ4n) is 4.67. The molecule has 1 fully saturated rings. The maximum Gasteiger partial charge on any atom is 0.336 e. The van der Waals surface area contributed by atoms with Gasteiger partial charge in [0.05, 0.1) is 11.7 Å². The van der Waals surface area contributed by atoms with Crippen molar-refractivity contribution in [2.24, 2.45) is 5.92 Å². The Morgan fingerprint density at radius 1 is 1.23 bits per heavy atom. The van der Waals surface area contributed by atoms with Gasteiger partial charge in [-0.2, -0.15) is 0 Å². The van der Waals surface area contributed by atoms with Crippen LogP contribution in [-0.4, -0.2) is 48.7 Å². The Kier molecular flexibility index (Phi) is 4.40. The van der Waals surface area contributed by atoms with Crippen LogP contribution in [-0.2, 0) is 14.8 Å². The average Bonchev–Trinajstić information content (AvgIpc) is 3.33. The molecule has 2 aliphatic heterocycles. The van der Waals surface area contributed by atoms with Gasteiger partial charge >= 0.3 is 6.03 Å². The van der Waals surface area contributed by atoms with Gasteiger partial charge in [-0.25, -0.2) is 21.9 Å². The van der Waals surface area contributed by atoms with E-state index in [0.29, 0.717) is 10.8 Å². The first-order valence-corrected chi connectivity index (χ1v) is 11.4. The molecule has 31 heavy (non-hydrogen) atoms. The third kappa shape index (κ3) is 3.11. The minimum atomic E-state index is -4.33. The first-order chi connectivity index (χ1) is 14.8. The summed E-state index contributed by atoms with van der Waals surface area (Å²) in [6.07, 6.45) is 2.84. The van der Waals surface area contributed by atoms with E-state index in [1.807, 2.05) is 25.1 Å². The summed E-state index contributed by atoms with van der Waals surface area (Å²) in [5.41, 5.74) is 3.54. The standard InChI is InChI=1S/C22H20FN3O4S/c1-13-4-2-3-5-17(13)18-10-16-8-14(18)11-25(16)21(27)12-26-22(28)24-19-7-6-15(23)9-20(19)31(26,29)30/h2-7,9-10,14,16H,8,11-12H2,1H3,(H,24,28)/t14-,16-/m1/s1. The van der Waals surface area contributed by atoms with Crippen LogP contribution in [0.5, 0.6) is 0 Å². The molecule has 3 amide bonds. The van der Waals surface area contributed by atoms with Gasteiger partial charge in [0, 0.05) is 12.5 Å². The van der Waals surface area contributed by atoms with Crippen molar-refractivity contribution >= 4 is 33.2 Å². The number of urea groups is 1. The van der Waals surface area contributed by atoms with Crippen LogP contribution in [0.1, 0.15) is 17.5 Å². The van der Waals surface area contributed by atoms with Crippen molar-refractivity contribution in [2.45, 2.75) is 24.3 Å². The summed E-state index contributed by atoms with van der Waals surface area (Å²) in [5.74, 6) is -1.02. The van der Waals surface area contributed by atoms with E-state index in [-0.39, 0.29) is 22.5 Å². The number of benzene rings is 2. The normalized spacial score (nSPS) is 23.4. The molecular weight excluding hydrogens is 421 g/mol. The average molecular weight is 441 g/mol. The molecule has 2 bridgehead atoms. The van der Waals surface area contributed by atoms with Crippen LogP contribution in [0.4, 0.5) is 14.9 Å². The zero-order valence-corrected chi connectivity index (χ0v) is 17.5. The second-order valence-corrected chi connectivity index (χ2v) is 9.90. The smallest absolute Gasteiger partial charge is 0.334 e. The van der Waals surface area contributed by atoms with Gasteiger partial charge in [0.15, 0.2) is 0 Å². The second kappa shape index (κ2) is 6.91. The molecular formula is C22H20FN3O4S. The molecule has 160 valence electrons. The van der Waals surface area contributed by atoms with Gasteiger partial charge in [-0.15, -0.1) is 0 Å². The van der Waals surface area contributed by atoms with E-state index >= 15 is 0 Å². The number of carbonyl (C=O) groups excluding carboxylic acids is 2. The number of hydrogen-bond donors (Lipinski definition) is 1. The van der Waals surface area contributed by atoms with Gasteiger partial charge in [-0.1, -0.05) is 30.3 Å². The molecule has 3 aliphatic rings. The summed E-state index contributed by atoms with van der Waals surface area (Å²) in [7, 11) is -4.33. The molecule has 1 N–H and O–H groups in total. The summed E-state index contributed by atoms with van der Waals surface area (Å²) in [6.45, 7) is 1.90. The lowest BCUT2D eigenvalue weighted by Crippen LogP contribution is -2.50. The number of amides is 3. The van der Waals surface area contributed by atoms with E-state index in [0.717, 1.165) is 18.6 Å². The van der Waals surface area contributed by atoms with Gasteiger partial charge in [0.2, 0.25) is 5.91 Å². The molecule has 2 aromatic rings. The van der Waals surface area contributed by atoms with Crippen molar-refractivity contribution in [1.29, 1.82) is 0 Å². The van der Waals surface area contributed by atoms with Crippen molar-refractivity contribution in [3.05, 3.63) is 65.5 Å². The highest BCUT2D eigenvalue weighted by atomic mass is 32.2. The minimum absolute atomic E-state index is 0.00105. The molecule has 2 atom stereocenters. The third-order valence-electron chi connectivity index (χ3n) is 6.19. The van der Waals surface area contributed by atoms with Gasteiger partial charge in [0.1, 0.15) is 17.3 Å². The van der Waals surface area contributed by atoms with Crippen LogP contribution in [0, 0.1) is 18.7 Å². The molecule has 2 heterocycles. The van der Waals surface area contributed by atoms with Crippen molar-refractivity contribution < 1.29 is 22.4 Å². The minimum Gasteiger partial charge on any atom is -0.334 e. The highest BCUT2D eigenvalue weighted by molar-refractivity contribution is 7.90. The lowest BCUT2D eigenvalue weighted by Gasteiger charge is -2.32. The molecule has 0 saturated carbocycles. The molecule has 1 aliphatic carbocycles. The third-order valence-corrected chi connectivity index (χ3v) is 7.96. The first kappa shape index (κ1) is 19.7. The number of halogens is 1. The summed E-state index contributed by atoms with van der Waals surface area (Å²) < 4.78 is 39.8. The van der Waals surface area contributed by atoms with Crippen LogP contribution in [0.3, 0.4) is 0 Å². The predicted octanol–water partition coefficient (Wildman–Crippen LogP) is 2.98. The van der Waals surface area contributed by atoms with Gasteiger partial charge in [0.25, 0.3) is 10.0 Å². The first-order valence-electron chi connectivity index (χ1n) is 9.96. The van der Waals surface area contributed by atoms with Crippen LogP contribution in [0.15, 0.2) is 53.4 Å². The van der Waals surface area contributed by atoms with Crippen LogP contribution >= 0.6 is 0 Å². The monoisotopic (exact) mass is 441 g/mol. The molecule has 0 spiro atoms. The number of likely N-dealkylation sites (tertiary alicyclic amines) is 1. The van der Waals surface area contributed by atoms with Gasteiger partial charge < -0.3 is 10.2 Å². The Hall–Kier alpha value is -3.20. The molecule has 5 rings (SSSR count). The molecule has 0 aromatic heterocycles. The number of anilines is 1. The summed E-state index contributed by atoms with van der Waals surface area (Å²) in [4.78, 5) is 26.6. The van der Waals surface area contributed by atoms with Crippen molar-refractivity contribution in [2.75, 3.05) is 18.4 Å². The molecule has 7 nitrogen and oxygen atoms in total. The largest absolute Gasteiger partial charge is 0.336 e. The quantitative estimate of drug-likeness (QED) is 0.794. The predicted molar refractivity (Wildman–Crippen MR) is 112 cm³/mol. The fourth-order valence-corrected chi connectivity index (χ4v) is 6.12. The van der Waals surface area contributed by atoms with Crippen LogP contribution in [0.2, 0.25) is 0 Å². The number of carbonyl (C=O) groups is 2. The zero-order valence-electron chi connectivity index (χ0n) is 16.7. The molecule has 1 saturated heterocycles. The summed E-state index contributed by atoms with van der Waals surface area (Å²) in [5, 5.41) is 2.42. The molecule has 9 heteroatoms. The Balaban J connectivity index is 1.37. The van der Waals surface area contributed by atoms with Crippen molar-refractivity contribution in [3.63, 3.8) is 0 Å². The highest BCUT2D eigenvalue weighted by Crippen LogP contribution is 2.43. The number of sulfonamides is 1. The second-order valence-electron chi connectivity index (χ2n) is 8.07. The molecule has 2 aromatic carbocycles. The number of nitrogens with one attached hydrogen (secondary N) is 1. The SMILES string of the molecule is Cc1ccccc1C1=C[C@H]2C[C@@H]1CN2C(=O)CN1C(=O)Nc2ccc(F)cc2S1(=O)=O. The number of aryl methyl sites for hydroxylation is 1. The number of rotatable bonds is 3.